The van der Waals surface area contributed by atoms with Gasteiger partial charge in [0, 0.05) is 0 Å². The fourth-order valence-electron chi connectivity index (χ4n) is 0.876. The van der Waals surface area contributed by atoms with Crippen molar-refractivity contribution in [2.75, 3.05) is 12.3 Å². The number of hydrogen-bond acceptors (Lipinski definition) is 7. The molecule has 0 aliphatic heterocycles. The van der Waals surface area contributed by atoms with Crippen molar-refractivity contribution in [1.82, 2.24) is 0 Å². The highest BCUT2D eigenvalue weighted by Crippen LogP contribution is 2.32. The van der Waals surface area contributed by atoms with E-state index < -0.39 is 11.1 Å². The van der Waals surface area contributed by atoms with Gasteiger partial charge in [-0.05, 0) is 24.3 Å². The Morgan fingerprint density at radius 1 is 1.27 bits per heavy atom. The van der Waals surface area contributed by atoms with Gasteiger partial charge in [-0.25, -0.2) is 5.14 Å². The van der Waals surface area contributed by atoms with E-state index in [-0.39, 0.29) is 5.75 Å². The minimum atomic E-state index is -3.52. The Morgan fingerprint density at radius 2 is 1.80 bits per heavy atom. The molecule has 0 saturated carbocycles. The fourth-order valence-corrected chi connectivity index (χ4v) is 1.27. The number of hydrogen-bond donors (Lipinski definition) is 4. The average Bonchev–Trinajstić information content (AvgIpc) is 2.15. The zero-order valence-corrected chi connectivity index (χ0v) is 8.72. The van der Waals surface area contributed by atoms with E-state index in [0.29, 0.717) is 10.9 Å². The minimum absolute atomic E-state index is 0.172. The van der Waals surface area contributed by atoms with Gasteiger partial charge in [0.2, 0.25) is 0 Å². The number of nitrogens with zero attached hydrogens (tertiary/aromatic N) is 1. The van der Waals surface area contributed by atoms with Crippen LogP contribution in [0.5, 0.6) is 5.75 Å². The maximum absolute atomic E-state index is 9.10. The smallest absolute Gasteiger partial charge is 0.200 e. The second kappa shape index (κ2) is 4.66. The highest BCUT2D eigenvalue weighted by atomic mass is 32.3. The molecule has 0 radical (unpaired) electrons. The van der Waals surface area contributed by atoms with Crippen LogP contribution in [0.4, 0.5) is 5.69 Å². The zero-order valence-electron chi connectivity index (χ0n) is 7.90. The van der Waals surface area contributed by atoms with Gasteiger partial charge in [-0.2, -0.15) is 0 Å². The number of benzene rings is 1. The van der Waals surface area contributed by atoms with E-state index in [1.165, 1.54) is 31.4 Å². The van der Waals surface area contributed by atoms with Gasteiger partial charge in [0.15, 0.2) is 11.1 Å². The monoisotopic (exact) mass is 236 g/mol. The summed E-state index contributed by atoms with van der Waals surface area (Å²) >= 11 is -3.52. The molecule has 0 amide bonds. The van der Waals surface area contributed by atoms with Crippen LogP contribution >= 0.6 is 11.1 Å². The molecule has 0 unspecified atom stereocenters. The molecule has 1 aromatic carbocycles. The Labute approximate surface area is 88.2 Å². The van der Waals surface area contributed by atoms with Crippen LogP contribution < -0.4 is 14.5 Å². The molecule has 0 atom stereocenters. The quantitative estimate of drug-likeness (QED) is 0.584. The molecular formula is C7H12N2O5S. The highest BCUT2D eigenvalue weighted by Gasteiger charge is 2.11. The van der Waals surface area contributed by atoms with E-state index in [2.05, 4.69) is 9.02 Å². The maximum atomic E-state index is 9.10. The lowest BCUT2D eigenvalue weighted by molar-refractivity contribution is -0.0109. The van der Waals surface area contributed by atoms with E-state index in [0.717, 1.165) is 0 Å². The second-order valence-corrected chi connectivity index (χ2v) is 3.81. The number of anilines is 1. The first-order valence-electron chi connectivity index (χ1n) is 3.81. The standard InChI is InChI=1S/C7H12N2O5S/c1-13-9(10)6-2-4-7(5-3-6)14-15(8,11)12/h2-5,10-12H,8H2,1H3. The van der Waals surface area contributed by atoms with Crippen molar-refractivity contribution >= 4 is 16.7 Å². The fraction of sp³-hybridized carbons (Fsp3) is 0.143. The van der Waals surface area contributed by atoms with E-state index >= 15 is 0 Å². The molecule has 0 spiro atoms. The molecule has 8 heteroatoms. The predicted molar refractivity (Wildman–Crippen MR) is 55.4 cm³/mol. The summed E-state index contributed by atoms with van der Waals surface area (Å²) < 4.78 is 22.2. The highest BCUT2D eigenvalue weighted by molar-refractivity contribution is 8.18. The van der Waals surface area contributed by atoms with Crippen LogP contribution in [0.25, 0.3) is 0 Å². The summed E-state index contributed by atoms with van der Waals surface area (Å²) in [5.74, 6) is 0.172. The lowest BCUT2D eigenvalue weighted by Crippen LogP contribution is -2.16. The van der Waals surface area contributed by atoms with Gasteiger partial charge in [0.05, 0.1) is 12.8 Å². The molecular weight excluding hydrogens is 224 g/mol. The third kappa shape index (κ3) is 3.91. The molecule has 0 saturated heterocycles. The van der Waals surface area contributed by atoms with Crippen LogP contribution in [0.3, 0.4) is 0 Å². The minimum Gasteiger partial charge on any atom is -0.392 e. The van der Waals surface area contributed by atoms with Crippen molar-refractivity contribution in [2.45, 2.75) is 0 Å². The van der Waals surface area contributed by atoms with E-state index in [1.54, 1.807) is 0 Å². The van der Waals surface area contributed by atoms with Gasteiger partial charge in [0.1, 0.15) is 5.75 Å². The Morgan fingerprint density at radius 3 is 2.20 bits per heavy atom. The van der Waals surface area contributed by atoms with Gasteiger partial charge in [-0.3, -0.25) is 19.2 Å². The van der Waals surface area contributed by atoms with Gasteiger partial charge in [0.25, 0.3) is 0 Å². The zero-order chi connectivity index (χ0) is 11.5. The second-order valence-electron chi connectivity index (χ2n) is 2.57. The normalized spacial score (nSPS) is 12.3. The van der Waals surface area contributed by atoms with Crippen LogP contribution in [-0.4, -0.2) is 21.4 Å². The van der Waals surface area contributed by atoms with E-state index in [4.69, 9.17) is 19.5 Å². The summed E-state index contributed by atoms with van der Waals surface area (Å²) in [6, 6.07) is 5.70. The maximum Gasteiger partial charge on any atom is 0.200 e. The number of rotatable bonds is 4. The van der Waals surface area contributed by atoms with Gasteiger partial charge in [-0.15, -0.1) is 5.23 Å². The largest absolute Gasteiger partial charge is 0.392 e. The van der Waals surface area contributed by atoms with Gasteiger partial charge < -0.3 is 4.18 Å². The Balaban J connectivity index is 2.72. The Hall–Kier alpha value is -1.03. The first kappa shape index (κ1) is 12.0. The molecule has 0 bridgehead atoms. The van der Waals surface area contributed by atoms with E-state index in [1.807, 2.05) is 0 Å². The van der Waals surface area contributed by atoms with E-state index in [9.17, 15) is 0 Å². The summed E-state index contributed by atoms with van der Waals surface area (Å²) in [4.78, 5) is 4.51. The van der Waals surface area contributed by atoms with Crippen LogP contribution in [0.2, 0.25) is 0 Å². The summed E-state index contributed by atoms with van der Waals surface area (Å²) in [7, 11) is 1.29. The number of nitrogens with two attached hydrogens (primary N) is 1. The molecule has 1 aromatic rings. The average molecular weight is 236 g/mol. The van der Waals surface area contributed by atoms with Gasteiger partial charge >= 0.3 is 0 Å². The molecule has 0 aliphatic rings. The third-order valence-electron chi connectivity index (χ3n) is 1.45. The van der Waals surface area contributed by atoms with Crippen LogP contribution in [0.1, 0.15) is 0 Å². The summed E-state index contributed by atoms with van der Waals surface area (Å²) in [6.45, 7) is 0. The van der Waals surface area contributed by atoms with Crippen LogP contribution in [0.15, 0.2) is 24.3 Å². The lowest BCUT2D eigenvalue weighted by Gasteiger charge is -2.21. The topological polar surface area (TPSA) is 108 Å². The molecule has 7 nitrogen and oxygen atoms in total. The van der Waals surface area contributed by atoms with Crippen molar-refractivity contribution in [3.8, 4) is 5.75 Å². The molecule has 0 aliphatic carbocycles. The third-order valence-corrected chi connectivity index (χ3v) is 1.89. The van der Waals surface area contributed by atoms with Crippen molar-refractivity contribution in [3.63, 3.8) is 0 Å². The molecule has 0 fully saturated rings. The van der Waals surface area contributed by atoms with Crippen molar-refractivity contribution in [3.05, 3.63) is 24.3 Å². The summed E-state index contributed by atoms with van der Waals surface area (Å²) in [5, 5.41) is 14.5. The van der Waals surface area contributed by atoms with Crippen LogP contribution in [0, 0.1) is 0 Å². The molecule has 86 valence electrons. The molecule has 0 heterocycles. The predicted octanol–water partition coefficient (Wildman–Crippen LogP) is 1.36. The summed E-state index contributed by atoms with van der Waals surface area (Å²) in [5.41, 5.74) is 0.360. The van der Waals surface area contributed by atoms with Crippen LogP contribution in [-0.2, 0) is 4.84 Å². The van der Waals surface area contributed by atoms with Crippen molar-refractivity contribution in [1.29, 1.82) is 0 Å². The van der Waals surface area contributed by atoms with Crippen molar-refractivity contribution < 1.29 is 23.3 Å². The Bertz CT molecular complexity index is 312. The lowest BCUT2D eigenvalue weighted by atomic mass is 10.3. The first-order valence-corrected chi connectivity index (χ1v) is 5.34. The first-order chi connectivity index (χ1) is 6.92. The van der Waals surface area contributed by atoms with Gasteiger partial charge in [-0.1, -0.05) is 0 Å². The molecule has 5 N–H and O–H groups in total. The SMILES string of the molecule is CON(O)c1ccc(OS(N)(O)O)cc1. The molecule has 15 heavy (non-hydrogen) atoms. The molecule has 0 aromatic heterocycles. The summed E-state index contributed by atoms with van der Waals surface area (Å²) in [6.07, 6.45) is 0. The van der Waals surface area contributed by atoms with Crippen molar-refractivity contribution in [2.24, 2.45) is 5.14 Å². The molecule has 1 rings (SSSR count). The Kier molecular flexibility index (Phi) is 3.74.